The van der Waals surface area contributed by atoms with Crippen molar-refractivity contribution in [2.45, 2.75) is 13.3 Å². The zero-order valence-corrected chi connectivity index (χ0v) is 19.6. The maximum Gasteiger partial charge on any atom is 0.414 e. The fourth-order valence-corrected chi connectivity index (χ4v) is 3.62. The summed E-state index contributed by atoms with van der Waals surface area (Å²) in [6.07, 6.45) is 0.360. The summed E-state index contributed by atoms with van der Waals surface area (Å²) in [5.41, 5.74) is 0.0353. The third kappa shape index (κ3) is 5.24. The fraction of sp³-hybridized carbons (Fsp3) is 0.250. The highest BCUT2D eigenvalue weighted by atomic mass is 35.5. The van der Waals surface area contributed by atoms with Gasteiger partial charge in [0.15, 0.2) is 17.4 Å². The number of nitrogens with zero attached hydrogens (tertiary/aromatic N) is 2. The molecule has 1 amide bonds. The number of amides is 1. The Hall–Kier alpha value is -3.22. The zero-order valence-electron chi connectivity index (χ0n) is 18.0. The first-order valence-electron chi connectivity index (χ1n) is 9.43. The third-order valence-corrected chi connectivity index (χ3v) is 6.03. The highest BCUT2D eigenvalue weighted by Crippen LogP contribution is 2.33. The van der Waals surface area contributed by atoms with Gasteiger partial charge in [-0.15, -0.1) is 0 Å². The van der Waals surface area contributed by atoms with E-state index >= 15 is 0 Å². The molecule has 3 aromatic rings. The summed E-state index contributed by atoms with van der Waals surface area (Å²) >= 11 is 6.24. The molecule has 0 atom stereocenters. The number of aromatic nitrogens is 1. The summed E-state index contributed by atoms with van der Waals surface area (Å²) in [7, 11) is 0.172. The Balaban J connectivity index is 2.03. The molecule has 0 bridgehead atoms. The fourth-order valence-electron chi connectivity index (χ4n) is 2.92. The molecule has 10 nitrogen and oxygen atoms in total. The normalized spacial score (nSPS) is 11.5. The van der Waals surface area contributed by atoms with Crippen molar-refractivity contribution < 1.29 is 26.8 Å². The van der Waals surface area contributed by atoms with Gasteiger partial charge in [0, 0.05) is 50.8 Å². The molecule has 0 unspecified atom stereocenters. The van der Waals surface area contributed by atoms with E-state index in [0.717, 1.165) is 7.05 Å². The average molecular weight is 499 g/mol. The van der Waals surface area contributed by atoms with Crippen LogP contribution in [0.5, 0.6) is 5.75 Å². The maximum atomic E-state index is 14.9. The summed E-state index contributed by atoms with van der Waals surface area (Å²) < 4.78 is 52.7. The maximum absolute atomic E-state index is 14.9. The van der Waals surface area contributed by atoms with Crippen LogP contribution in [-0.4, -0.2) is 45.5 Å². The van der Waals surface area contributed by atoms with Crippen molar-refractivity contribution in [1.29, 1.82) is 0 Å². The van der Waals surface area contributed by atoms with E-state index in [1.807, 2.05) is 9.44 Å². The van der Waals surface area contributed by atoms with Crippen molar-refractivity contribution in [3.8, 4) is 5.75 Å². The summed E-state index contributed by atoms with van der Waals surface area (Å²) in [6, 6.07) is 4.13. The number of hydrogen-bond acceptors (Lipinski definition) is 7. The van der Waals surface area contributed by atoms with Crippen molar-refractivity contribution in [2.24, 2.45) is 0 Å². The van der Waals surface area contributed by atoms with Crippen LogP contribution < -0.4 is 19.8 Å². The number of halogens is 2. The van der Waals surface area contributed by atoms with Crippen molar-refractivity contribution in [2.75, 3.05) is 25.9 Å². The molecular weight excluding hydrogens is 479 g/mol. The first-order valence-corrected chi connectivity index (χ1v) is 11.3. The molecule has 0 saturated heterocycles. The molecule has 0 aliphatic carbocycles. The number of pyridine rings is 1. The van der Waals surface area contributed by atoms with Crippen LogP contribution in [0.15, 0.2) is 33.6 Å². The predicted octanol–water partition coefficient (Wildman–Crippen LogP) is 2.82. The van der Waals surface area contributed by atoms with Crippen LogP contribution in [-0.2, 0) is 16.6 Å². The molecule has 2 N–H and O–H groups in total. The smallest absolute Gasteiger partial charge is 0.414 e. The van der Waals surface area contributed by atoms with Crippen LogP contribution in [0.2, 0.25) is 5.02 Å². The second-order valence-electron chi connectivity index (χ2n) is 7.15. The molecule has 0 aliphatic heterocycles. The Morgan fingerprint density at radius 1 is 1.33 bits per heavy atom. The minimum Gasteiger partial charge on any atom is -0.422 e. The van der Waals surface area contributed by atoms with Gasteiger partial charge >= 0.3 is 11.7 Å². The van der Waals surface area contributed by atoms with Crippen molar-refractivity contribution in [1.82, 2.24) is 14.6 Å². The lowest BCUT2D eigenvalue weighted by Gasteiger charge is -2.14. The monoisotopic (exact) mass is 498 g/mol. The van der Waals surface area contributed by atoms with E-state index in [9.17, 15) is 22.4 Å². The lowest BCUT2D eigenvalue weighted by molar-refractivity contribution is 0.172. The Labute approximate surface area is 193 Å². The molecule has 33 heavy (non-hydrogen) atoms. The molecule has 13 heteroatoms. The Morgan fingerprint density at radius 2 is 2.03 bits per heavy atom. The average Bonchev–Trinajstić information content (AvgIpc) is 2.74. The van der Waals surface area contributed by atoms with E-state index in [1.54, 1.807) is 6.92 Å². The minimum absolute atomic E-state index is 0.0137. The Bertz CT molecular complexity index is 1410. The molecule has 0 spiro atoms. The molecule has 0 radical (unpaired) electrons. The van der Waals surface area contributed by atoms with E-state index < -0.39 is 33.6 Å². The highest BCUT2D eigenvalue weighted by Gasteiger charge is 2.20. The van der Waals surface area contributed by atoms with Crippen molar-refractivity contribution >= 4 is 44.7 Å². The molecule has 2 aromatic heterocycles. The van der Waals surface area contributed by atoms with Gasteiger partial charge in [0.25, 0.3) is 10.2 Å². The largest absolute Gasteiger partial charge is 0.422 e. The minimum atomic E-state index is -3.99. The van der Waals surface area contributed by atoms with Crippen LogP contribution in [0, 0.1) is 12.7 Å². The second-order valence-corrected chi connectivity index (χ2v) is 9.18. The number of ether oxygens (including phenoxy) is 1. The van der Waals surface area contributed by atoms with Crippen molar-refractivity contribution in [3.05, 3.63) is 62.3 Å². The van der Waals surface area contributed by atoms with Gasteiger partial charge in [0.05, 0.1) is 5.02 Å². The van der Waals surface area contributed by atoms with Gasteiger partial charge in [-0.05, 0) is 30.2 Å². The van der Waals surface area contributed by atoms with Crippen LogP contribution in [0.25, 0.3) is 11.0 Å². The van der Waals surface area contributed by atoms with Gasteiger partial charge in [-0.3, -0.25) is 4.72 Å². The SMILES string of the molecule is CNS(=O)(=O)Nc1nccc(Cc2c(C)c3cc(Cl)c(OC(=O)N(C)C)cc3oc2=O)c1F. The van der Waals surface area contributed by atoms with E-state index in [1.165, 1.54) is 43.4 Å². The van der Waals surface area contributed by atoms with E-state index in [-0.39, 0.29) is 33.9 Å². The molecule has 176 valence electrons. The van der Waals surface area contributed by atoms with Gasteiger partial charge in [0.2, 0.25) is 0 Å². The highest BCUT2D eigenvalue weighted by molar-refractivity contribution is 7.90. The first-order chi connectivity index (χ1) is 15.4. The van der Waals surface area contributed by atoms with Crippen LogP contribution in [0.4, 0.5) is 15.0 Å². The molecule has 2 heterocycles. The summed E-state index contributed by atoms with van der Waals surface area (Å²) in [6.45, 7) is 1.64. The summed E-state index contributed by atoms with van der Waals surface area (Å²) in [5, 5.41) is 0.573. The number of anilines is 1. The number of rotatable bonds is 6. The van der Waals surface area contributed by atoms with E-state index in [0.29, 0.717) is 10.9 Å². The van der Waals surface area contributed by atoms with E-state index in [2.05, 4.69) is 4.98 Å². The summed E-state index contributed by atoms with van der Waals surface area (Å²) in [4.78, 5) is 29.4. The number of benzene rings is 1. The first kappa shape index (κ1) is 24.4. The predicted molar refractivity (Wildman–Crippen MR) is 121 cm³/mol. The van der Waals surface area contributed by atoms with Gasteiger partial charge in [-0.1, -0.05) is 11.6 Å². The number of carbonyl (C=O) groups excluding carboxylic acids is 1. The molecule has 1 aromatic carbocycles. The Morgan fingerprint density at radius 3 is 2.67 bits per heavy atom. The standard InChI is InChI=1S/C20H20ClFN4O6S/c1-10-12-8-14(21)16(32-20(28)26(3)4)9-15(12)31-19(27)13(10)7-11-5-6-24-18(17(11)22)25-33(29,30)23-2/h5-6,8-9,23H,7H2,1-4H3,(H,24,25). The lowest BCUT2D eigenvalue weighted by Crippen LogP contribution is -2.27. The van der Waals surface area contributed by atoms with Crippen molar-refractivity contribution in [3.63, 3.8) is 0 Å². The molecule has 0 aliphatic rings. The lowest BCUT2D eigenvalue weighted by atomic mass is 10.00. The number of fused-ring (bicyclic) bond motifs is 1. The number of hydrogen-bond donors (Lipinski definition) is 2. The van der Waals surface area contributed by atoms with Crippen LogP contribution in [0.1, 0.15) is 16.7 Å². The second kappa shape index (κ2) is 9.33. The Kier molecular flexibility index (Phi) is 6.91. The van der Waals surface area contributed by atoms with E-state index in [4.69, 9.17) is 20.8 Å². The number of carbonyl (C=O) groups is 1. The van der Waals surface area contributed by atoms with Gasteiger partial charge in [-0.2, -0.15) is 8.42 Å². The van der Waals surface area contributed by atoms with Gasteiger partial charge in [-0.25, -0.2) is 23.7 Å². The third-order valence-electron chi connectivity index (χ3n) is 4.74. The molecular formula is C20H20ClFN4O6S. The van der Waals surface area contributed by atoms with Crippen LogP contribution >= 0.6 is 11.6 Å². The van der Waals surface area contributed by atoms with Crippen LogP contribution in [0.3, 0.4) is 0 Å². The molecule has 3 rings (SSSR count). The molecule has 0 saturated carbocycles. The van der Waals surface area contributed by atoms with Gasteiger partial charge in [0.1, 0.15) is 5.58 Å². The van der Waals surface area contributed by atoms with Gasteiger partial charge < -0.3 is 14.1 Å². The number of nitrogens with one attached hydrogen (secondary N) is 2. The zero-order chi connectivity index (χ0) is 24.5. The molecule has 0 fully saturated rings. The quantitative estimate of drug-likeness (QED) is 0.499. The number of aryl methyl sites for hydroxylation is 1. The summed E-state index contributed by atoms with van der Waals surface area (Å²) in [5.74, 6) is -1.43. The topological polar surface area (TPSA) is 131 Å².